The van der Waals surface area contributed by atoms with Crippen molar-refractivity contribution in [2.75, 3.05) is 45.9 Å². The van der Waals surface area contributed by atoms with Crippen molar-refractivity contribution in [1.82, 2.24) is 20.1 Å². The van der Waals surface area contributed by atoms with Gasteiger partial charge in [0.15, 0.2) is 0 Å². The lowest BCUT2D eigenvalue weighted by Gasteiger charge is -2.25. The molecule has 2 N–H and O–H groups in total. The van der Waals surface area contributed by atoms with E-state index in [9.17, 15) is 14.4 Å². The number of hydrogen-bond acceptors (Lipinski definition) is 5. The van der Waals surface area contributed by atoms with Gasteiger partial charge < -0.3 is 29.6 Å². The Morgan fingerprint density at radius 2 is 1.72 bits per heavy atom. The molecule has 7 rings (SSSR count). The smallest absolute Gasteiger partial charge is 0.256 e. The maximum absolute atomic E-state index is 13.6. The number of likely N-dealkylation sites (tertiary alicyclic amines) is 1. The summed E-state index contributed by atoms with van der Waals surface area (Å²) in [6.45, 7) is 3.06. The first-order valence-corrected chi connectivity index (χ1v) is 15.0. The lowest BCUT2D eigenvalue weighted by Crippen LogP contribution is -2.39. The van der Waals surface area contributed by atoms with Gasteiger partial charge in [-0.25, -0.2) is 0 Å². The van der Waals surface area contributed by atoms with Gasteiger partial charge in [-0.1, -0.05) is 24.3 Å². The minimum absolute atomic E-state index is 0.0769. The summed E-state index contributed by atoms with van der Waals surface area (Å²) in [5.41, 5.74) is 4.05. The van der Waals surface area contributed by atoms with Crippen LogP contribution in [0.4, 0.5) is 0 Å². The quantitative estimate of drug-likeness (QED) is 0.374. The van der Waals surface area contributed by atoms with Crippen molar-refractivity contribution in [1.29, 1.82) is 0 Å². The van der Waals surface area contributed by atoms with Crippen LogP contribution in [-0.2, 0) is 11.2 Å². The Labute approximate surface area is 249 Å². The first-order valence-electron chi connectivity index (χ1n) is 15.0. The lowest BCUT2D eigenvalue weighted by molar-refractivity contribution is -0.124. The topological polar surface area (TPSA) is 104 Å². The number of nitrogens with one attached hydrogen (secondary N) is 2. The van der Waals surface area contributed by atoms with Crippen molar-refractivity contribution in [3.63, 3.8) is 0 Å². The standard InChI is InChI=1S/C34H34N4O5/c39-32-29-21-38(33(40)25-8-9-30-24(18-25)11-16-43-30)20-28(29)23-5-1-6-26(19-23)42-17-15-37(14-3-12-36-32)34(41)27-7-2-4-22-10-13-35-31(22)27/h1-2,4-10,13,18-19,28-29,35H,3,11-12,14-17,20-21H2,(H,36,39)/t28-,29+/m1/s1. The summed E-state index contributed by atoms with van der Waals surface area (Å²) >= 11 is 0. The number of para-hydroxylation sites is 1. The molecule has 4 aromatic rings. The van der Waals surface area contributed by atoms with Crippen LogP contribution in [-0.4, -0.2) is 78.4 Å². The van der Waals surface area contributed by atoms with E-state index in [2.05, 4.69) is 10.3 Å². The van der Waals surface area contributed by atoms with Crippen molar-refractivity contribution < 1.29 is 23.9 Å². The zero-order valence-corrected chi connectivity index (χ0v) is 23.9. The highest BCUT2D eigenvalue weighted by atomic mass is 16.5. The highest BCUT2D eigenvalue weighted by Gasteiger charge is 2.41. The third-order valence-corrected chi connectivity index (χ3v) is 8.81. The van der Waals surface area contributed by atoms with Gasteiger partial charge in [0, 0.05) is 55.7 Å². The van der Waals surface area contributed by atoms with Gasteiger partial charge in [-0.15, -0.1) is 0 Å². The Hall–Kier alpha value is -4.79. The molecule has 0 spiro atoms. The van der Waals surface area contributed by atoms with Crippen LogP contribution in [0.1, 0.15) is 44.2 Å². The number of fused-ring (bicyclic) bond motifs is 6. The van der Waals surface area contributed by atoms with E-state index in [1.54, 1.807) is 9.80 Å². The molecule has 9 nitrogen and oxygen atoms in total. The van der Waals surface area contributed by atoms with Gasteiger partial charge in [-0.3, -0.25) is 14.4 Å². The van der Waals surface area contributed by atoms with Crippen LogP contribution in [0.5, 0.6) is 11.5 Å². The van der Waals surface area contributed by atoms with Crippen LogP contribution >= 0.6 is 0 Å². The van der Waals surface area contributed by atoms with Gasteiger partial charge in [0.2, 0.25) is 5.91 Å². The number of H-pyrrole nitrogens is 1. The molecule has 0 aliphatic carbocycles. The Morgan fingerprint density at radius 1 is 0.837 bits per heavy atom. The highest BCUT2D eigenvalue weighted by molar-refractivity contribution is 6.05. The molecular formula is C34H34N4O5. The van der Waals surface area contributed by atoms with Gasteiger partial charge in [0.05, 0.1) is 30.1 Å². The second-order valence-corrected chi connectivity index (χ2v) is 11.4. The number of carbonyl (C=O) groups is 3. The summed E-state index contributed by atoms with van der Waals surface area (Å²) in [6, 6.07) is 21.0. The van der Waals surface area contributed by atoms with Gasteiger partial charge in [-0.05, 0) is 60.0 Å². The molecule has 43 heavy (non-hydrogen) atoms. The van der Waals surface area contributed by atoms with Gasteiger partial charge >= 0.3 is 0 Å². The number of nitrogens with zero attached hydrogens (tertiary/aromatic N) is 2. The molecule has 0 radical (unpaired) electrons. The number of ether oxygens (including phenoxy) is 2. The normalized spacial score (nSPS) is 20.4. The molecule has 2 atom stereocenters. The summed E-state index contributed by atoms with van der Waals surface area (Å²) in [4.78, 5) is 47.6. The van der Waals surface area contributed by atoms with E-state index in [0.29, 0.717) is 69.2 Å². The molecule has 220 valence electrons. The summed E-state index contributed by atoms with van der Waals surface area (Å²) in [5, 5.41) is 4.09. The number of aromatic amines is 1. The number of benzene rings is 3. The Bertz CT molecular complexity index is 1700. The number of rotatable bonds is 2. The third kappa shape index (κ3) is 5.31. The first kappa shape index (κ1) is 27.1. The molecule has 3 amide bonds. The molecule has 1 saturated heterocycles. The predicted octanol–water partition coefficient (Wildman–Crippen LogP) is 4.00. The fourth-order valence-corrected chi connectivity index (χ4v) is 6.54. The average Bonchev–Trinajstić information content (AvgIpc) is 3.80. The monoisotopic (exact) mass is 578 g/mol. The fourth-order valence-electron chi connectivity index (χ4n) is 6.54. The molecule has 3 aliphatic rings. The molecule has 1 fully saturated rings. The number of aromatic nitrogens is 1. The zero-order chi connectivity index (χ0) is 29.3. The zero-order valence-electron chi connectivity index (χ0n) is 23.9. The number of amides is 3. The fraction of sp³-hybridized carbons (Fsp3) is 0.324. The van der Waals surface area contributed by atoms with E-state index < -0.39 is 5.92 Å². The van der Waals surface area contributed by atoms with E-state index in [1.165, 1.54) is 0 Å². The van der Waals surface area contributed by atoms with Gasteiger partial charge in [0.25, 0.3) is 11.8 Å². The first-order chi connectivity index (χ1) is 21.0. The molecule has 0 saturated carbocycles. The van der Waals surface area contributed by atoms with E-state index in [1.807, 2.05) is 72.9 Å². The van der Waals surface area contributed by atoms with Crippen LogP contribution in [0.15, 0.2) is 72.9 Å². The van der Waals surface area contributed by atoms with Crippen molar-refractivity contribution in [3.8, 4) is 11.5 Å². The summed E-state index contributed by atoms with van der Waals surface area (Å²) < 4.78 is 11.8. The highest BCUT2D eigenvalue weighted by Crippen LogP contribution is 2.36. The van der Waals surface area contributed by atoms with Gasteiger partial charge in [0.1, 0.15) is 18.1 Å². The van der Waals surface area contributed by atoms with E-state index in [4.69, 9.17) is 9.47 Å². The van der Waals surface area contributed by atoms with Gasteiger partial charge in [-0.2, -0.15) is 0 Å². The molecule has 0 unspecified atom stereocenters. The second kappa shape index (κ2) is 11.5. The van der Waals surface area contributed by atoms with E-state index in [0.717, 1.165) is 34.2 Å². The molecule has 3 aromatic carbocycles. The molecule has 2 bridgehead atoms. The second-order valence-electron chi connectivity index (χ2n) is 11.4. The van der Waals surface area contributed by atoms with Crippen LogP contribution in [0.3, 0.4) is 0 Å². The van der Waals surface area contributed by atoms with E-state index >= 15 is 0 Å². The number of carbonyl (C=O) groups excluding carboxylic acids is 3. The third-order valence-electron chi connectivity index (χ3n) is 8.81. The van der Waals surface area contributed by atoms with Crippen LogP contribution in [0, 0.1) is 5.92 Å². The summed E-state index contributed by atoms with van der Waals surface area (Å²) in [7, 11) is 0. The van der Waals surface area contributed by atoms with Crippen molar-refractivity contribution in [3.05, 3.63) is 95.2 Å². The molecule has 3 aliphatic heterocycles. The van der Waals surface area contributed by atoms with E-state index in [-0.39, 0.29) is 23.6 Å². The average molecular weight is 579 g/mol. The maximum atomic E-state index is 13.6. The van der Waals surface area contributed by atoms with Crippen LogP contribution in [0.25, 0.3) is 10.9 Å². The molecule has 9 heteroatoms. The van der Waals surface area contributed by atoms with Crippen LogP contribution < -0.4 is 14.8 Å². The summed E-state index contributed by atoms with van der Waals surface area (Å²) in [5.74, 6) is 0.717. The Kier molecular flexibility index (Phi) is 7.22. The molecule has 1 aromatic heterocycles. The largest absolute Gasteiger partial charge is 0.493 e. The predicted molar refractivity (Wildman–Crippen MR) is 162 cm³/mol. The van der Waals surface area contributed by atoms with Crippen molar-refractivity contribution in [2.45, 2.75) is 18.8 Å². The number of hydrogen-bond donors (Lipinski definition) is 2. The van der Waals surface area contributed by atoms with Crippen molar-refractivity contribution >= 4 is 28.6 Å². The summed E-state index contributed by atoms with van der Waals surface area (Å²) in [6.07, 6.45) is 3.23. The SMILES string of the molecule is O=C1NCCCN(C(=O)c2cccc3cc[nH]c23)CCOc2cccc(c2)[C@H]2CN(C(=O)c3ccc4c(c3)CCO4)C[C@H]12. The van der Waals surface area contributed by atoms with Crippen LogP contribution in [0.2, 0.25) is 0 Å². The molecular weight excluding hydrogens is 544 g/mol. The minimum atomic E-state index is -0.400. The van der Waals surface area contributed by atoms with Crippen molar-refractivity contribution in [2.24, 2.45) is 5.92 Å². The minimum Gasteiger partial charge on any atom is -0.493 e. The molecule has 4 heterocycles. The maximum Gasteiger partial charge on any atom is 0.256 e. The lowest BCUT2D eigenvalue weighted by atomic mass is 9.88. The Balaban J connectivity index is 1.11. The Morgan fingerprint density at radius 3 is 2.65 bits per heavy atom.